The molecule has 1 heterocycles. The van der Waals surface area contributed by atoms with E-state index < -0.39 is 27.6 Å². The number of sulfonamides is 1. The molecule has 2 aromatic carbocycles. The van der Waals surface area contributed by atoms with E-state index in [1.807, 2.05) is 0 Å². The first-order chi connectivity index (χ1) is 12.6. The molecule has 0 N–H and O–H groups in total. The molecular formula is C18H18F4N2O2S. The summed E-state index contributed by atoms with van der Waals surface area (Å²) in [7, 11) is -3.79. The van der Waals surface area contributed by atoms with Crippen molar-refractivity contribution in [3.8, 4) is 0 Å². The fraction of sp³-hybridized carbons (Fsp3) is 0.333. The lowest BCUT2D eigenvalue weighted by Crippen LogP contribution is -2.48. The van der Waals surface area contributed by atoms with Crippen molar-refractivity contribution < 1.29 is 26.0 Å². The summed E-state index contributed by atoms with van der Waals surface area (Å²) >= 11 is 0. The number of nitrogens with zero attached hydrogens (tertiary/aromatic N) is 2. The van der Waals surface area contributed by atoms with E-state index in [2.05, 4.69) is 0 Å². The third-order valence-corrected chi connectivity index (χ3v) is 6.59. The lowest BCUT2D eigenvalue weighted by Gasteiger charge is -2.35. The fourth-order valence-corrected chi connectivity index (χ4v) is 4.73. The molecule has 2 aromatic rings. The minimum absolute atomic E-state index is 0.0384. The minimum Gasteiger partial charge on any atom is -0.369 e. The van der Waals surface area contributed by atoms with Gasteiger partial charge in [-0.25, -0.2) is 12.8 Å². The fourth-order valence-electron chi connectivity index (χ4n) is 3.11. The molecule has 4 nitrogen and oxygen atoms in total. The Bertz CT molecular complexity index is 937. The molecule has 1 fully saturated rings. The number of aryl methyl sites for hydroxylation is 1. The highest BCUT2D eigenvalue weighted by atomic mass is 32.2. The largest absolute Gasteiger partial charge is 0.416 e. The van der Waals surface area contributed by atoms with Crippen LogP contribution < -0.4 is 4.90 Å². The van der Waals surface area contributed by atoms with Gasteiger partial charge in [0.2, 0.25) is 10.0 Å². The summed E-state index contributed by atoms with van der Waals surface area (Å²) in [5.74, 6) is -0.513. The zero-order valence-corrected chi connectivity index (χ0v) is 15.3. The Morgan fingerprint density at radius 2 is 1.63 bits per heavy atom. The van der Waals surface area contributed by atoms with Gasteiger partial charge in [-0.3, -0.25) is 0 Å². The highest BCUT2D eigenvalue weighted by Gasteiger charge is 2.32. The van der Waals surface area contributed by atoms with Crippen LogP contribution in [0.3, 0.4) is 0 Å². The molecular weight excluding hydrogens is 384 g/mol. The van der Waals surface area contributed by atoms with Crippen molar-refractivity contribution in [2.24, 2.45) is 0 Å². The van der Waals surface area contributed by atoms with Gasteiger partial charge >= 0.3 is 6.18 Å². The maximum Gasteiger partial charge on any atom is 0.416 e. The highest BCUT2D eigenvalue weighted by Crippen LogP contribution is 2.32. The quantitative estimate of drug-likeness (QED) is 0.736. The summed E-state index contributed by atoms with van der Waals surface area (Å²) in [6.07, 6.45) is -4.43. The van der Waals surface area contributed by atoms with Crippen LogP contribution in [0.15, 0.2) is 47.4 Å². The Balaban J connectivity index is 1.75. The average Bonchev–Trinajstić information content (AvgIpc) is 2.61. The molecule has 27 heavy (non-hydrogen) atoms. The van der Waals surface area contributed by atoms with Gasteiger partial charge in [0.15, 0.2) is 0 Å². The average molecular weight is 402 g/mol. The minimum atomic E-state index is -4.43. The number of piperazine rings is 1. The molecule has 3 rings (SSSR count). The van der Waals surface area contributed by atoms with Crippen LogP contribution in [0, 0.1) is 12.7 Å². The molecule has 0 radical (unpaired) electrons. The SMILES string of the molecule is Cc1cc(F)ccc1S(=O)(=O)N1CCN(c2cccc(C(F)(F)F)c2)CC1. The van der Waals surface area contributed by atoms with Gasteiger partial charge in [-0.2, -0.15) is 17.5 Å². The second kappa shape index (κ2) is 7.12. The van der Waals surface area contributed by atoms with Crippen molar-refractivity contribution >= 4 is 15.7 Å². The van der Waals surface area contributed by atoms with E-state index in [4.69, 9.17) is 0 Å². The van der Waals surface area contributed by atoms with E-state index in [9.17, 15) is 26.0 Å². The van der Waals surface area contributed by atoms with Crippen LogP contribution in [0.5, 0.6) is 0 Å². The predicted octanol–water partition coefficient (Wildman–Crippen LogP) is 3.66. The molecule has 0 unspecified atom stereocenters. The Hall–Kier alpha value is -2.13. The number of anilines is 1. The number of hydrogen-bond acceptors (Lipinski definition) is 3. The van der Waals surface area contributed by atoms with Gasteiger partial charge in [0.25, 0.3) is 0 Å². The summed E-state index contributed by atoms with van der Waals surface area (Å²) in [5.41, 5.74) is -0.0212. The van der Waals surface area contributed by atoms with Crippen LogP contribution in [0.4, 0.5) is 23.2 Å². The lowest BCUT2D eigenvalue weighted by atomic mass is 10.1. The summed E-state index contributed by atoms with van der Waals surface area (Å²) < 4.78 is 78.7. The maximum atomic E-state index is 13.2. The first-order valence-corrected chi connectivity index (χ1v) is 9.71. The molecule has 1 aliphatic rings. The van der Waals surface area contributed by atoms with Crippen LogP contribution in [0.25, 0.3) is 0 Å². The van der Waals surface area contributed by atoms with Crippen LogP contribution >= 0.6 is 0 Å². The van der Waals surface area contributed by atoms with Gasteiger partial charge in [0.05, 0.1) is 10.5 Å². The highest BCUT2D eigenvalue weighted by molar-refractivity contribution is 7.89. The Kier molecular flexibility index (Phi) is 5.18. The van der Waals surface area contributed by atoms with Crippen LogP contribution in [-0.4, -0.2) is 38.9 Å². The van der Waals surface area contributed by atoms with Crippen LogP contribution in [-0.2, 0) is 16.2 Å². The maximum absolute atomic E-state index is 13.2. The molecule has 9 heteroatoms. The van der Waals surface area contributed by atoms with E-state index in [1.165, 1.54) is 23.4 Å². The number of hydrogen-bond donors (Lipinski definition) is 0. The molecule has 0 saturated carbocycles. The molecule has 0 spiro atoms. The van der Waals surface area contributed by atoms with E-state index in [1.54, 1.807) is 11.0 Å². The summed E-state index contributed by atoms with van der Waals surface area (Å²) in [6, 6.07) is 8.46. The predicted molar refractivity (Wildman–Crippen MR) is 93.6 cm³/mol. The standard InChI is InChI=1S/C18H18F4N2O2S/c1-13-11-15(19)5-6-17(13)27(25,26)24-9-7-23(8-10-24)16-4-2-3-14(12-16)18(20,21)22/h2-6,11-12H,7-10H2,1H3. The summed E-state index contributed by atoms with van der Waals surface area (Å²) in [4.78, 5) is 1.76. The van der Waals surface area contributed by atoms with Gasteiger partial charge in [-0.05, 0) is 48.9 Å². The van der Waals surface area contributed by atoms with E-state index in [-0.39, 0.29) is 31.1 Å². The molecule has 0 bridgehead atoms. The first kappa shape index (κ1) is 19.6. The van der Waals surface area contributed by atoms with Crippen molar-refractivity contribution in [1.29, 1.82) is 0 Å². The van der Waals surface area contributed by atoms with Crippen LogP contribution in [0.2, 0.25) is 0 Å². The Labute approximate surface area is 155 Å². The molecule has 0 aromatic heterocycles. The van der Waals surface area contributed by atoms with Gasteiger partial charge in [-0.1, -0.05) is 6.07 Å². The normalized spacial score (nSPS) is 16.6. The van der Waals surface area contributed by atoms with Gasteiger partial charge in [0.1, 0.15) is 5.82 Å². The third kappa shape index (κ3) is 4.08. The zero-order chi connectivity index (χ0) is 19.8. The molecule has 0 amide bonds. The lowest BCUT2D eigenvalue weighted by molar-refractivity contribution is -0.137. The third-order valence-electron chi connectivity index (χ3n) is 4.53. The molecule has 0 aliphatic carbocycles. The smallest absolute Gasteiger partial charge is 0.369 e. The van der Waals surface area contributed by atoms with Gasteiger partial charge < -0.3 is 4.90 Å². The molecule has 146 valence electrons. The topological polar surface area (TPSA) is 40.6 Å². The first-order valence-electron chi connectivity index (χ1n) is 8.27. The van der Waals surface area contributed by atoms with Gasteiger partial charge in [0, 0.05) is 31.9 Å². The van der Waals surface area contributed by atoms with E-state index in [0.717, 1.165) is 24.3 Å². The second-order valence-corrected chi connectivity index (χ2v) is 8.26. The van der Waals surface area contributed by atoms with E-state index in [0.29, 0.717) is 11.3 Å². The Morgan fingerprint density at radius 3 is 2.22 bits per heavy atom. The number of alkyl halides is 3. The van der Waals surface area contributed by atoms with E-state index >= 15 is 0 Å². The van der Waals surface area contributed by atoms with Gasteiger partial charge in [-0.15, -0.1) is 0 Å². The van der Waals surface area contributed by atoms with Crippen molar-refractivity contribution in [3.05, 3.63) is 59.4 Å². The van der Waals surface area contributed by atoms with Crippen molar-refractivity contribution in [1.82, 2.24) is 4.31 Å². The number of benzene rings is 2. The Morgan fingerprint density at radius 1 is 0.963 bits per heavy atom. The second-order valence-electron chi connectivity index (χ2n) is 6.35. The number of rotatable bonds is 3. The van der Waals surface area contributed by atoms with Crippen LogP contribution in [0.1, 0.15) is 11.1 Å². The van der Waals surface area contributed by atoms with Crippen molar-refractivity contribution in [2.75, 3.05) is 31.1 Å². The summed E-state index contributed by atoms with van der Waals surface area (Å²) in [6.45, 7) is 2.32. The molecule has 1 aliphatic heterocycles. The molecule has 0 atom stereocenters. The number of halogens is 4. The van der Waals surface area contributed by atoms with Crippen molar-refractivity contribution in [2.45, 2.75) is 18.0 Å². The monoisotopic (exact) mass is 402 g/mol. The van der Waals surface area contributed by atoms with Crippen molar-refractivity contribution in [3.63, 3.8) is 0 Å². The zero-order valence-electron chi connectivity index (χ0n) is 14.5. The summed E-state index contributed by atoms with van der Waals surface area (Å²) in [5, 5.41) is 0. The molecule has 1 saturated heterocycles.